The van der Waals surface area contributed by atoms with Crippen LogP contribution < -0.4 is 9.47 Å². The van der Waals surface area contributed by atoms with Crippen molar-refractivity contribution in [2.75, 3.05) is 14.2 Å². The van der Waals surface area contributed by atoms with E-state index >= 15 is 0 Å². The van der Waals surface area contributed by atoms with Gasteiger partial charge >= 0.3 is 0 Å². The first kappa shape index (κ1) is 12.6. The van der Waals surface area contributed by atoms with Gasteiger partial charge in [-0.25, -0.2) is 0 Å². The normalized spacial score (nSPS) is 12.0. The molecule has 0 fully saturated rings. The van der Waals surface area contributed by atoms with Crippen molar-refractivity contribution in [1.29, 1.82) is 0 Å². The van der Waals surface area contributed by atoms with Gasteiger partial charge in [-0.15, -0.1) is 0 Å². The minimum atomic E-state index is 0.140. The van der Waals surface area contributed by atoms with Gasteiger partial charge < -0.3 is 14.3 Å². The van der Waals surface area contributed by atoms with E-state index in [9.17, 15) is 4.79 Å². The predicted octanol–water partition coefficient (Wildman–Crippen LogP) is 2.70. The van der Waals surface area contributed by atoms with Gasteiger partial charge in [0.1, 0.15) is 17.8 Å². The molecule has 1 aromatic rings. The van der Waals surface area contributed by atoms with Crippen molar-refractivity contribution < 1.29 is 14.3 Å². The number of aldehydes is 1. The molecule has 0 radical (unpaired) electrons. The number of benzene rings is 1. The summed E-state index contributed by atoms with van der Waals surface area (Å²) in [5.41, 5.74) is 2.04. The molecule has 0 aromatic heterocycles. The summed E-state index contributed by atoms with van der Waals surface area (Å²) in [5, 5.41) is 0. The van der Waals surface area contributed by atoms with Crippen molar-refractivity contribution >= 4 is 6.29 Å². The average Bonchev–Trinajstić information content (AvgIpc) is 2.28. The van der Waals surface area contributed by atoms with Crippen LogP contribution in [0.3, 0.4) is 0 Å². The van der Waals surface area contributed by atoms with Gasteiger partial charge in [0.2, 0.25) is 0 Å². The van der Waals surface area contributed by atoms with Crippen LogP contribution in [0.2, 0.25) is 0 Å². The summed E-state index contributed by atoms with van der Waals surface area (Å²) >= 11 is 0. The lowest BCUT2D eigenvalue weighted by Crippen LogP contribution is -2.01. The standard InChI is InChI=1S/C13H18O3/c1-9(5-6-14)12-8-11(15-3)7-10(2)13(12)16-4/h6-9H,5H2,1-4H3. The van der Waals surface area contributed by atoms with Gasteiger partial charge in [0.25, 0.3) is 0 Å². The van der Waals surface area contributed by atoms with Crippen LogP contribution in [-0.4, -0.2) is 20.5 Å². The fourth-order valence-corrected chi connectivity index (χ4v) is 1.80. The predicted molar refractivity (Wildman–Crippen MR) is 63.4 cm³/mol. The Labute approximate surface area is 96.4 Å². The zero-order chi connectivity index (χ0) is 12.1. The molecule has 3 nitrogen and oxygen atoms in total. The Morgan fingerprint density at radius 3 is 2.50 bits per heavy atom. The third-order valence-electron chi connectivity index (χ3n) is 2.70. The van der Waals surface area contributed by atoms with Crippen LogP contribution in [0.4, 0.5) is 0 Å². The smallest absolute Gasteiger partial charge is 0.125 e. The number of aryl methyl sites for hydroxylation is 1. The van der Waals surface area contributed by atoms with Gasteiger partial charge in [-0.3, -0.25) is 0 Å². The van der Waals surface area contributed by atoms with E-state index in [-0.39, 0.29) is 5.92 Å². The molecule has 0 heterocycles. The molecule has 0 saturated heterocycles. The number of hydrogen-bond donors (Lipinski definition) is 0. The summed E-state index contributed by atoms with van der Waals surface area (Å²) in [6.07, 6.45) is 1.42. The van der Waals surface area contributed by atoms with Gasteiger partial charge in [0, 0.05) is 12.0 Å². The fourth-order valence-electron chi connectivity index (χ4n) is 1.80. The zero-order valence-electron chi connectivity index (χ0n) is 10.2. The number of carbonyl (C=O) groups is 1. The molecular formula is C13H18O3. The lowest BCUT2D eigenvalue weighted by Gasteiger charge is -2.17. The summed E-state index contributed by atoms with van der Waals surface area (Å²) in [5.74, 6) is 1.78. The van der Waals surface area contributed by atoms with E-state index in [1.807, 2.05) is 26.0 Å². The molecule has 0 amide bonds. The summed E-state index contributed by atoms with van der Waals surface area (Å²) in [6.45, 7) is 3.98. The Kier molecular flexibility index (Phi) is 4.35. The van der Waals surface area contributed by atoms with Crippen molar-refractivity contribution in [3.8, 4) is 11.5 Å². The molecule has 0 aliphatic rings. The molecule has 0 bridgehead atoms. The highest BCUT2D eigenvalue weighted by atomic mass is 16.5. The molecule has 1 atom stereocenters. The maximum absolute atomic E-state index is 10.6. The Morgan fingerprint density at radius 1 is 1.31 bits per heavy atom. The van der Waals surface area contributed by atoms with Crippen LogP contribution in [-0.2, 0) is 4.79 Å². The lowest BCUT2D eigenvalue weighted by atomic mass is 9.95. The summed E-state index contributed by atoms with van der Waals surface area (Å²) in [7, 11) is 3.28. The van der Waals surface area contributed by atoms with Gasteiger partial charge in [0.15, 0.2) is 0 Å². The molecule has 1 aromatic carbocycles. The maximum atomic E-state index is 10.6. The van der Waals surface area contributed by atoms with E-state index in [0.717, 1.165) is 28.9 Å². The minimum absolute atomic E-state index is 0.140. The number of carbonyl (C=O) groups excluding carboxylic acids is 1. The third-order valence-corrected chi connectivity index (χ3v) is 2.70. The van der Waals surface area contributed by atoms with E-state index in [2.05, 4.69) is 0 Å². The molecule has 0 saturated carbocycles. The summed E-state index contributed by atoms with van der Waals surface area (Å²) in [4.78, 5) is 10.6. The Balaban J connectivity index is 3.21. The van der Waals surface area contributed by atoms with Crippen LogP contribution in [0.15, 0.2) is 12.1 Å². The van der Waals surface area contributed by atoms with E-state index in [1.165, 1.54) is 0 Å². The van der Waals surface area contributed by atoms with Crippen LogP contribution in [0.5, 0.6) is 11.5 Å². The largest absolute Gasteiger partial charge is 0.497 e. The summed E-state index contributed by atoms with van der Waals surface area (Å²) < 4.78 is 10.6. The molecule has 88 valence electrons. The molecule has 0 aliphatic heterocycles. The van der Waals surface area contributed by atoms with Crippen molar-refractivity contribution in [2.45, 2.75) is 26.2 Å². The van der Waals surface area contributed by atoms with Gasteiger partial charge in [0.05, 0.1) is 14.2 Å². The second kappa shape index (κ2) is 5.54. The quantitative estimate of drug-likeness (QED) is 0.718. The number of rotatable bonds is 5. The molecule has 0 spiro atoms. The van der Waals surface area contributed by atoms with Crippen molar-refractivity contribution in [2.24, 2.45) is 0 Å². The zero-order valence-corrected chi connectivity index (χ0v) is 10.2. The molecule has 0 aliphatic carbocycles. The maximum Gasteiger partial charge on any atom is 0.125 e. The molecule has 1 rings (SSSR count). The molecule has 3 heteroatoms. The van der Waals surface area contributed by atoms with Crippen LogP contribution in [0, 0.1) is 6.92 Å². The SMILES string of the molecule is COc1cc(C)c(OC)c(C(C)CC=O)c1. The second-order valence-electron chi connectivity index (χ2n) is 3.87. The highest BCUT2D eigenvalue weighted by Gasteiger charge is 2.15. The summed E-state index contributed by atoms with van der Waals surface area (Å²) in [6, 6.07) is 3.86. The van der Waals surface area contributed by atoms with Crippen LogP contribution in [0.25, 0.3) is 0 Å². The van der Waals surface area contributed by atoms with Gasteiger partial charge in [-0.2, -0.15) is 0 Å². The first-order chi connectivity index (χ1) is 7.63. The second-order valence-corrected chi connectivity index (χ2v) is 3.87. The van der Waals surface area contributed by atoms with Gasteiger partial charge in [-0.05, 0) is 30.5 Å². The average molecular weight is 222 g/mol. The number of ether oxygens (including phenoxy) is 2. The van der Waals surface area contributed by atoms with E-state index < -0.39 is 0 Å². The Bertz CT molecular complexity index is 372. The topological polar surface area (TPSA) is 35.5 Å². The fraction of sp³-hybridized carbons (Fsp3) is 0.462. The van der Waals surface area contributed by atoms with Crippen LogP contribution >= 0.6 is 0 Å². The third kappa shape index (κ3) is 2.54. The van der Waals surface area contributed by atoms with E-state index in [4.69, 9.17) is 9.47 Å². The van der Waals surface area contributed by atoms with Crippen molar-refractivity contribution in [3.05, 3.63) is 23.3 Å². The van der Waals surface area contributed by atoms with Crippen molar-refractivity contribution in [3.63, 3.8) is 0 Å². The molecule has 16 heavy (non-hydrogen) atoms. The monoisotopic (exact) mass is 222 g/mol. The lowest BCUT2D eigenvalue weighted by molar-refractivity contribution is -0.108. The molecule has 1 unspecified atom stereocenters. The van der Waals surface area contributed by atoms with Crippen molar-refractivity contribution in [1.82, 2.24) is 0 Å². The van der Waals surface area contributed by atoms with E-state index in [0.29, 0.717) is 6.42 Å². The molecule has 0 N–H and O–H groups in total. The number of hydrogen-bond acceptors (Lipinski definition) is 3. The van der Waals surface area contributed by atoms with Gasteiger partial charge in [-0.1, -0.05) is 6.92 Å². The first-order valence-electron chi connectivity index (χ1n) is 5.30. The Hall–Kier alpha value is -1.51. The molecular weight excluding hydrogens is 204 g/mol. The minimum Gasteiger partial charge on any atom is -0.497 e. The van der Waals surface area contributed by atoms with E-state index in [1.54, 1.807) is 14.2 Å². The first-order valence-corrected chi connectivity index (χ1v) is 5.30. The highest BCUT2D eigenvalue weighted by Crippen LogP contribution is 2.34. The van der Waals surface area contributed by atoms with Crippen LogP contribution in [0.1, 0.15) is 30.4 Å². The highest BCUT2D eigenvalue weighted by molar-refractivity contribution is 5.55. The Morgan fingerprint density at radius 2 is 2.00 bits per heavy atom. The number of methoxy groups -OCH3 is 2.